The van der Waals surface area contributed by atoms with E-state index in [1.807, 2.05) is 0 Å². The Morgan fingerprint density at radius 3 is 2.00 bits per heavy atom. The second-order valence-corrected chi connectivity index (χ2v) is 1.74. The van der Waals surface area contributed by atoms with Crippen molar-refractivity contribution in [2.24, 2.45) is 0 Å². The minimum atomic E-state index is -0.736. The van der Waals surface area contributed by atoms with E-state index in [-0.39, 0.29) is 32.2 Å². The number of hydrogen-bond donors (Lipinski definition) is 1. The highest BCUT2D eigenvalue weighted by atomic mass is 35.5. The van der Waals surface area contributed by atoms with E-state index in [9.17, 15) is 4.79 Å². The molecule has 0 unspecified atom stereocenters. The maximum absolute atomic E-state index is 10.5. The van der Waals surface area contributed by atoms with Crippen molar-refractivity contribution in [2.75, 3.05) is 0 Å². The second-order valence-electron chi connectivity index (χ2n) is 1.74. The summed E-state index contributed by atoms with van der Waals surface area (Å²) < 4.78 is 0. The summed E-state index contributed by atoms with van der Waals surface area (Å²) in [5, 5.41) is 7.94. The van der Waals surface area contributed by atoms with Gasteiger partial charge in [0.2, 0.25) is 0 Å². The second kappa shape index (κ2) is 9.32. The Morgan fingerprint density at radius 2 is 1.62 bits per heavy atom. The summed E-state index contributed by atoms with van der Waals surface area (Å²) >= 11 is 0. The first-order valence-corrected chi connectivity index (χ1v) is 2.75. The van der Waals surface area contributed by atoms with Crippen LogP contribution in [-0.4, -0.2) is 11.2 Å². The zero-order chi connectivity index (χ0) is 7.40. The molecule has 1 rings (SSSR count). The maximum atomic E-state index is 10.5. The van der Waals surface area contributed by atoms with Crippen LogP contribution in [0.25, 0.3) is 0 Å². The molecule has 0 amide bonds. The van der Waals surface area contributed by atoms with Gasteiger partial charge in [0, 0.05) is 0 Å². The number of carbonyl (C=O) groups excluding carboxylic acids is 1. The SMILES string of the molecule is C.Cl.Cl.O=C(OO)c1ccccc1. The number of rotatable bonds is 1. The molecular weight excluding hydrogens is 215 g/mol. The molecule has 1 aromatic carbocycles. The molecule has 0 saturated heterocycles. The summed E-state index contributed by atoms with van der Waals surface area (Å²) in [6.07, 6.45) is 0. The molecule has 3 nitrogen and oxygen atoms in total. The summed E-state index contributed by atoms with van der Waals surface area (Å²) in [5.41, 5.74) is 0.338. The predicted molar refractivity (Wildman–Crippen MR) is 55.7 cm³/mol. The van der Waals surface area contributed by atoms with Gasteiger partial charge in [0.15, 0.2) is 0 Å². The fraction of sp³-hybridized carbons (Fsp3) is 0.125. The molecule has 0 heterocycles. The third-order valence-corrected chi connectivity index (χ3v) is 1.09. The van der Waals surface area contributed by atoms with Gasteiger partial charge in [-0.1, -0.05) is 25.6 Å². The standard InChI is InChI=1S/C7H6O3.CH4.2ClH/c8-7(10-9)6-4-2-1-3-5-6;;;/h1-5,9H;1H4;2*1H. The molecule has 0 aliphatic rings. The van der Waals surface area contributed by atoms with Crippen LogP contribution in [0.2, 0.25) is 0 Å². The van der Waals surface area contributed by atoms with Crippen LogP contribution in [0.3, 0.4) is 0 Å². The molecule has 1 N–H and O–H groups in total. The van der Waals surface area contributed by atoms with E-state index in [2.05, 4.69) is 4.89 Å². The fourth-order valence-corrected chi connectivity index (χ4v) is 0.627. The Bertz CT molecular complexity index is 226. The van der Waals surface area contributed by atoms with Crippen molar-refractivity contribution in [3.05, 3.63) is 35.9 Å². The minimum absolute atomic E-state index is 0. The Kier molecular flexibility index (Phi) is 13.0. The van der Waals surface area contributed by atoms with E-state index >= 15 is 0 Å². The van der Waals surface area contributed by atoms with Crippen LogP contribution < -0.4 is 0 Å². The van der Waals surface area contributed by atoms with Gasteiger partial charge in [-0.15, -0.1) is 24.8 Å². The summed E-state index contributed by atoms with van der Waals surface area (Å²) in [6.45, 7) is 0. The highest BCUT2D eigenvalue weighted by Crippen LogP contribution is 1.98. The topological polar surface area (TPSA) is 46.5 Å². The third-order valence-electron chi connectivity index (χ3n) is 1.09. The van der Waals surface area contributed by atoms with Gasteiger partial charge in [0.25, 0.3) is 0 Å². The summed E-state index contributed by atoms with van der Waals surface area (Å²) in [6, 6.07) is 8.25. The lowest BCUT2D eigenvalue weighted by Gasteiger charge is -1.92. The van der Waals surface area contributed by atoms with E-state index in [4.69, 9.17) is 5.26 Å². The monoisotopic (exact) mass is 226 g/mol. The summed E-state index contributed by atoms with van der Waals surface area (Å²) in [4.78, 5) is 14.0. The maximum Gasteiger partial charge on any atom is 0.372 e. The minimum Gasteiger partial charge on any atom is -0.296 e. The predicted octanol–water partition coefficient (Wildman–Crippen LogP) is 2.80. The van der Waals surface area contributed by atoms with Gasteiger partial charge in [0.05, 0.1) is 5.56 Å². The summed E-state index contributed by atoms with van der Waals surface area (Å²) in [5.74, 6) is -0.736. The van der Waals surface area contributed by atoms with Gasteiger partial charge in [-0.3, -0.25) is 4.89 Å². The van der Waals surface area contributed by atoms with Crippen molar-refractivity contribution in [3.8, 4) is 0 Å². The van der Waals surface area contributed by atoms with E-state index in [1.165, 1.54) is 0 Å². The molecule has 0 saturated carbocycles. The third kappa shape index (κ3) is 5.47. The molecule has 0 bridgehead atoms. The average molecular weight is 227 g/mol. The van der Waals surface area contributed by atoms with Crippen molar-refractivity contribution in [2.45, 2.75) is 7.43 Å². The van der Waals surface area contributed by atoms with E-state index in [0.717, 1.165) is 0 Å². The number of benzene rings is 1. The molecule has 76 valence electrons. The Hall–Kier alpha value is -0.770. The molecular formula is C8H12Cl2O3. The highest BCUT2D eigenvalue weighted by Gasteiger charge is 2.02. The van der Waals surface area contributed by atoms with Crippen molar-refractivity contribution in [3.63, 3.8) is 0 Å². The van der Waals surface area contributed by atoms with Gasteiger partial charge in [0.1, 0.15) is 0 Å². The molecule has 0 atom stereocenters. The number of hydrogen-bond acceptors (Lipinski definition) is 3. The Balaban J connectivity index is -0.000000333. The molecule has 0 aromatic heterocycles. The largest absolute Gasteiger partial charge is 0.372 e. The first kappa shape index (κ1) is 18.1. The lowest BCUT2D eigenvalue weighted by Crippen LogP contribution is -2.00. The van der Waals surface area contributed by atoms with Crippen LogP contribution in [0.1, 0.15) is 17.8 Å². The van der Waals surface area contributed by atoms with Crippen LogP contribution in [-0.2, 0) is 4.89 Å². The fourth-order valence-electron chi connectivity index (χ4n) is 0.627. The van der Waals surface area contributed by atoms with Crippen LogP contribution >= 0.6 is 24.8 Å². The van der Waals surface area contributed by atoms with Crippen LogP contribution in [0, 0.1) is 0 Å². The lowest BCUT2D eigenvalue weighted by molar-refractivity contribution is -0.182. The molecule has 5 heteroatoms. The zero-order valence-electron chi connectivity index (χ0n) is 5.97. The molecule has 1 aromatic rings. The number of halogens is 2. The molecule has 13 heavy (non-hydrogen) atoms. The quantitative estimate of drug-likeness (QED) is 0.592. The lowest BCUT2D eigenvalue weighted by atomic mass is 10.2. The Morgan fingerprint density at radius 1 is 1.15 bits per heavy atom. The smallest absolute Gasteiger partial charge is 0.296 e. The summed E-state index contributed by atoms with van der Waals surface area (Å²) in [7, 11) is 0. The first-order valence-electron chi connectivity index (χ1n) is 2.75. The van der Waals surface area contributed by atoms with Gasteiger partial charge in [-0.2, -0.15) is 5.26 Å². The Labute approximate surface area is 89.5 Å². The van der Waals surface area contributed by atoms with Crippen LogP contribution in [0.4, 0.5) is 0 Å². The number of carbonyl (C=O) groups is 1. The van der Waals surface area contributed by atoms with Crippen LogP contribution in [0.15, 0.2) is 30.3 Å². The van der Waals surface area contributed by atoms with Gasteiger partial charge in [-0.05, 0) is 12.1 Å². The van der Waals surface area contributed by atoms with Crippen molar-refractivity contribution in [1.82, 2.24) is 0 Å². The van der Waals surface area contributed by atoms with Crippen molar-refractivity contribution >= 4 is 30.8 Å². The van der Waals surface area contributed by atoms with E-state index in [0.29, 0.717) is 5.56 Å². The highest BCUT2D eigenvalue weighted by molar-refractivity contribution is 5.88. The normalized spacial score (nSPS) is 6.85. The molecule has 0 fully saturated rings. The first-order chi connectivity index (χ1) is 4.84. The van der Waals surface area contributed by atoms with Gasteiger partial charge in [-0.25, -0.2) is 4.79 Å². The average Bonchev–Trinajstić information content (AvgIpc) is 2.05. The van der Waals surface area contributed by atoms with E-state index < -0.39 is 5.97 Å². The van der Waals surface area contributed by atoms with Gasteiger partial charge >= 0.3 is 5.97 Å². The molecule has 0 radical (unpaired) electrons. The van der Waals surface area contributed by atoms with Crippen LogP contribution in [0.5, 0.6) is 0 Å². The molecule has 0 aliphatic heterocycles. The van der Waals surface area contributed by atoms with E-state index in [1.54, 1.807) is 30.3 Å². The molecule has 0 aliphatic carbocycles. The van der Waals surface area contributed by atoms with Crippen molar-refractivity contribution in [1.29, 1.82) is 0 Å². The van der Waals surface area contributed by atoms with Gasteiger partial charge < -0.3 is 0 Å². The molecule has 0 spiro atoms. The zero-order valence-corrected chi connectivity index (χ0v) is 7.60. The van der Waals surface area contributed by atoms with Crippen molar-refractivity contribution < 1.29 is 14.9 Å².